The molecule has 1 heterocycles. The van der Waals surface area contributed by atoms with Gasteiger partial charge in [0.2, 0.25) is 0 Å². The predicted molar refractivity (Wildman–Crippen MR) is 123 cm³/mol. The third kappa shape index (κ3) is 4.65. The molecule has 4 heteroatoms. The van der Waals surface area contributed by atoms with Crippen LogP contribution in [0.3, 0.4) is 0 Å². The molecule has 4 nitrogen and oxygen atoms in total. The Labute approximate surface area is 182 Å². The van der Waals surface area contributed by atoms with Gasteiger partial charge in [0.1, 0.15) is 29.1 Å². The summed E-state index contributed by atoms with van der Waals surface area (Å²) in [5, 5.41) is 2.31. The van der Waals surface area contributed by atoms with Gasteiger partial charge in [-0.25, -0.2) is 0 Å². The van der Waals surface area contributed by atoms with Crippen molar-refractivity contribution in [3.8, 4) is 23.0 Å². The third-order valence-electron chi connectivity index (χ3n) is 5.55. The van der Waals surface area contributed by atoms with E-state index in [1.54, 1.807) is 7.11 Å². The summed E-state index contributed by atoms with van der Waals surface area (Å²) in [6.07, 6.45) is 0.226. The number of methoxy groups -OCH3 is 1. The fraction of sp³-hybridized carbons (Fsp3) is 0.185. The van der Waals surface area contributed by atoms with E-state index in [2.05, 4.69) is 35.2 Å². The molecule has 4 aromatic rings. The highest BCUT2D eigenvalue weighted by molar-refractivity contribution is 5.85. The number of benzene rings is 4. The highest BCUT2D eigenvalue weighted by Gasteiger charge is 2.28. The van der Waals surface area contributed by atoms with Gasteiger partial charge in [-0.05, 0) is 64.9 Å². The number of para-hydroxylation sites is 1. The number of hydrogen-bond acceptors (Lipinski definition) is 4. The summed E-state index contributed by atoms with van der Waals surface area (Å²) >= 11 is 0. The monoisotopic (exact) mass is 411 g/mol. The molecule has 0 saturated carbocycles. The lowest BCUT2D eigenvalue weighted by Gasteiger charge is -2.39. The zero-order valence-electron chi connectivity index (χ0n) is 17.5. The summed E-state index contributed by atoms with van der Waals surface area (Å²) in [7, 11) is 1.69. The first-order valence-electron chi connectivity index (χ1n) is 10.5. The standard InChI is InChI=1S/C27H25NO3/c1-29-25-13-9-21-10-14-26(16-22(21)15-25)31-27-18-28(19-27)17-20-7-11-24(12-8-20)30-23-5-3-2-4-6-23/h2-16,27H,17-19H2,1H3. The molecule has 1 aliphatic heterocycles. The third-order valence-corrected chi connectivity index (χ3v) is 5.55. The van der Waals surface area contributed by atoms with Crippen molar-refractivity contribution in [3.05, 3.63) is 96.6 Å². The van der Waals surface area contributed by atoms with Crippen LogP contribution < -0.4 is 14.2 Å². The van der Waals surface area contributed by atoms with E-state index in [0.717, 1.165) is 48.0 Å². The second kappa shape index (κ2) is 8.70. The number of likely N-dealkylation sites (tertiary alicyclic amines) is 1. The number of hydrogen-bond donors (Lipinski definition) is 0. The summed E-state index contributed by atoms with van der Waals surface area (Å²) in [5.74, 6) is 3.48. The lowest BCUT2D eigenvalue weighted by Crippen LogP contribution is -2.53. The van der Waals surface area contributed by atoms with Gasteiger partial charge in [-0.1, -0.05) is 42.5 Å². The molecule has 0 atom stereocenters. The minimum atomic E-state index is 0.226. The van der Waals surface area contributed by atoms with Gasteiger partial charge in [0.25, 0.3) is 0 Å². The van der Waals surface area contributed by atoms with E-state index >= 15 is 0 Å². The van der Waals surface area contributed by atoms with Crippen molar-refractivity contribution in [3.63, 3.8) is 0 Å². The van der Waals surface area contributed by atoms with E-state index in [1.165, 1.54) is 10.9 Å². The average Bonchev–Trinajstić information content (AvgIpc) is 2.79. The Balaban J connectivity index is 1.13. The fourth-order valence-electron chi connectivity index (χ4n) is 3.87. The van der Waals surface area contributed by atoms with Crippen LogP contribution in [-0.4, -0.2) is 31.2 Å². The molecule has 156 valence electrons. The summed E-state index contributed by atoms with van der Waals surface area (Å²) < 4.78 is 17.4. The minimum Gasteiger partial charge on any atom is -0.497 e. The van der Waals surface area contributed by atoms with Crippen molar-refractivity contribution in [2.75, 3.05) is 20.2 Å². The Morgan fingerprint density at radius 3 is 2.10 bits per heavy atom. The van der Waals surface area contributed by atoms with Crippen molar-refractivity contribution >= 4 is 10.8 Å². The summed E-state index contributed by atoms with van der Waals surface area (Å²) in [4.78, 5) is 2.39. The predicted octanol–water partition coefficient (Wildman–Crippen LogP) is 5.90. The maximum Gasteiger partial charge on any atom is 0.127 e. The van der Waals surface area contributed by atoms with Crippen molar-refractivity contribution in [1.82, 2.24) is 4.90 Å². The molecule has 1 fully saturated rings. The topological polar surface area (TPSA) is 30.9 Å². The van der Waals surface area contributed by atoms with E-state index < -0.39 is 0 Å². The molecular formula is C27H25NO3. The molecule has 0 N–H and O–H groups in total. The minimum absolute atomic E-state index is 0.226. The molecule has 1 aliphatic rings. The van der Waals surface area contributed by atoms with Crippen LogP contribution in [0.1, 0.15) is 5.56 Å². The molecule has 0 radical (unpaired) electrons. The molecule has 0 aromatic heterocycles. The molecular weight excluding hydrogens is 386 g/mol. The number of nitrogens with zero attached hydrogens (tertiary/aromatic N) is 1. The normalized spacial score (nSPS) is 14.2. The van der Waals surface area contributed by atoms with Gasteiger partial charge in [-0.15, -0.1) is 0 Å². The molecule has 4 aromatic carbocycles. The second-order valence-electron chi connectivity index (χ2n) is 7.87. The molecule has 5 rings (SSSR count). The largest absolute Gasteiger partial charge is 0.497 e. The van der Waals surface area contributed by atoms with Crippen LogP contribution in [0.2, 0.25) is 0 Å². The first kappa shape index (κ1) is 19.5. The first-order chi connectivity index (χ1) is 15.2. The van der Waals surface area contributed by atoms with Crippen LogP contribution in [-0.2, 0) is 6.54 Å². The zero-order valence-corrected chi connectivity index (χ0v) is 17.5. The molecule has 1 saturated heterocycles. The molecule has 31 heavy (non-hydrogen) atoms. The van der Waals surface area contributed by atoms with Crippen LogP contribution in [0.25, 0.3) is 10.8 Å². The second-order valence-corrected chi connectivity index (χ2v) is 7.87. The fourth-order valence-corrected chi connectivity index (χ4v) is 3.87. The molecule has 0 spiro atoms. The van der Waals surface area contributed by atoms with Crippen LogP contribution in [0.5, 0.6) is 23.0 Å². The van der Waals surface area contributed by atoms with Crippen molar-refractivity contribution < 1.29 is 14.2 Å². The van der Waals surface area contributed by atoms with E-state index in [1.807, 2.05) is 60.7 Å². The van der Waals surface area contributed by atoms with Gasteiger partial charge in [-0.2, -0.15) is 0 Å². The Bertz CT molecular complexity index is 1150. The van der Waals surface area contributed by atoms with Crippen molar-refractivity contribution in [2.45, 2.75) is 12.6 Å². The van der Waals surface area contributed by atoms with Gasteiger partial charge in [0.05, 0.1) is 7.11 Å². The number of rotatable bonds is 7. The lowest BCUT2D eigenvalue weighted by atomic mass is 10.1. The van der Waals surface area contributed by atoms with Crippen LogP contribution >= 0.6 is 0 Å². The van der Waals surface area contributed by atoms with Crippen molar-refractivity contribution in [1.29, 1.82) is 0 Å². The van der Waals surface area contributed by atoms with E-state index in [9.17, 15) is 0 Å². The Kier molecular flexibility index (Phi) is 5.46. The van der Waals surface area contributed by atoms with Gasteiger partial charge < -0.3 is 14.2 Å². The highest BCUT2D eigenvalue weighted by atomic mass is 16.5. The van der Waals surface area contributed by atoms with Crippen LogP contribution in [0, 0.1) is 0 Å². The summed E-state index contributed by atoms with van der Waals surface area (Å²) in [5.41, 5.74) is 1.27. The lowest BCUT2D eigenvalue weighted by molar-refractivity contribution is 0.0146. The van der Waals surface area contributed by atoms with E-state index in [4.69, 9.17) is 14.2 Å². The van der Waals surface area contributed by atoms with Crippen molar-refractivity contribution in [2.24, 2.45) is 0 Å². The van der Waals surface area contributed by atoms with Gasteiger partial charge >= 0.3 is 0 Å². The van der Waals surface area contributed by atoms with Gasteiger partial charge in [0.15, 0.2) is 0 Å². The van der Waals surface area contributed by atoms with E-state index in [0.29, 0.717) is 0 Å². The molecule has 0 amide bonds. The molecule has 0 aliphatic carbocycles. The summed E-state index contributed by atoms with van der Waals surface area (Å²) in [6.45, 7) is 2.78. The quantitative estimate of drug-likeness (QED) is 0.379. The molecule has 0 bridgehead atoms. The number of ether oxygens (including phenoxy) is 3. The smallest absolute Gasteiger partial charge is 0.127 e. The highest BCUT2D eigenvalue weighted by Crippen LogP contribution is 2.27. The number of fused-ring (bicyclic) bond motifs is 1. The average molecular weight is 412 g/mol. The maximum absolute atomic E-state index is 6.18. The maximum atomic E-state index is 6.18. The van der Waals surface area contributed by atoms with Crippen LogP contribution in [0.15, 0.2) is 91.0 Å². The molecule has 0 unspecified atom stereocenters. The summed E-state index contributed by atoms with van der Waals surface area (Å²) in [6, 6.07) is 30.5. The van der Waals surface area contributed by atoms with Gasteiger partial charge in [-0.3, -0.25) is 4.90 Å². The Morgan fingerprint density at radius 2 is 1.35 bits per heavy atom. The first-order valence-corrected chi connectivity index (χ1v) is 10.5. The van der Waals surface area contributed by atoms with Gasteiger partial charge in [0, 0.05) is 19.6 Å². The Hall–Kier alpha value is -3.50. The Morgan fingerprint density at radius 1 is 0.710 bits per heavy atom. The SMILES string of the molecule is COc1ccc2ccc(OC3CN(Cc4ccc(Oc5ccccc5)cc4)C3)cc2c1. The van der Waals surface area contributed by atoms with E-state index in [-0.39, 0.29) is 6.10 Å². The zero-order chi connectivity index (χ0) is 21.0. The van der Waals surface area contributed by atoms with Crippen LogP contribution in [0.4, 0.5) is 0 Å².